The van der Waals surface area contributed by atoms with Gasteiger partial charge >= 0.3 is 5.97 Å². The van der Waals surface area contributed by atoms with Crippen molar-refractivity contribution in [2.75, 3.05) is 5.75 Å². The first kappa shape index (κ1) is 13.6. The Labute approximate surface area is 125 Å². The van der Waals surface area contributed by atoms with Crippen molar-refractivity contribution in [3.8, 4) is 10.7 Å². The highest BCUT2D eigenvalue weighted by Gasteiger charge is 2.23. The van der Waals surface area contributed by atoms with Gasteiger partial charge in [-0.25, -0.2) is 0 Å². The van der Waals surface area contributed by atoms with Gasteiger partial charge in [0.05, 0.1) is 10.6 Å². The molecule has 2 heterocycles. The molecule has 0 unspecified atom stereocenters. The summed E-state index contributed by atoms with van der Waals surface area (Å²) in [7, 11) is 0. The maximum atomic E-state index is 10.7. The third-order valence-electron chi connectivity index (χ3n) is 3.45. The predicted octanol–water partition coefficient (Wildman–Crippen LogP) is 2.98. The van der Waals surface area contributed by atoms with Gasteiger partial charge in [-0.3, -0.25) is 4.79 Å². The molecule has 106 valence electrons. The fraction of sp³-hybridized carbons (Fsp3) is 0.462. The minimum Gasteiger partial charge on any atom is -0.481 e. The van der Waals surface area contributed by atoms with Gasteiger partial charge in [0.2, 0.25) is 0 Å². The fourth-order valence-corrected chi connectivity index (χ4v) is 3.59. The van der Waals surface area contributed by atoms with Crippen LogP contribution >= 0.6 is 23.1 Å². The zero-order chi connectivity index (χ0) is 13.9. The molecule has 1 saturated carbocycles. The van der Waals surface area contributed by atoms with E-state index in [2.05, 4.69) is 14.8 Å². The fourth-order valence-electron chi connectivity index (χ4n) is 2.21. The Bertz CT molecular complexity index is 591. The molecular formula is C13H15N3O2S2. The third-order valence-corrected chi connectivity index (χ3v) is 5.27. The lowest BCUT2D eigenvalue weighted by molar-refractivity contribution is -0.133. The molecule has 0 bridgehead atoms. The average molecular weight is 309 g/mol. The van der Waals surface area contributed by atoms with Crippen LogP contribution in [-0.4, -0.2) is 31.6 Å². The average Bonchev–Trinajstić information content (AvgIpc) is 3.00. The molecule has 1 N–H and O–H groups in total. The topological polar surface area (TPSA) is 68.0 Å². The molecule has 0 radical (unpaired) electrons. The molecule has 0 spiro atoms. The number of hydrogen-bond acceptors (Lipinski definition) is 5. The van der Waals surface area contributed by atoms with Crippen LogP contribution in [0.1, 0.15) is 19.3 Å². The van der Waals surface area contributed by atoms with Gasteiger partial charge in [-0.05, 0) is 30.2 Å². The second-order valence-electron chi connectivity index (χ2n) is 4.87. The van der Waals surface area contributed by atoms with E-state index in [1.54, 1.807) is 11.3 Å². The molecule has 20 heavy (non-hydrogen) atoms. The molecule has 3 rings (SSSR count). The molecule has 2 aromatic heterocycles. The molecular weight excluding hydrogens is 294 g/mol. The SMILES string of the molecule is O=C(O)CSc1nnc(-c2cccs2)n1CC1CCC1. The van der Waals surface area contributed by atoms with Gasteiger partial charge in [-0.2, -0.15) is 0 Å². The summed E-state index contributed by atoms with van der Waals surface area (Å²) in [6.45, 7) is 0.891. The smallest absolute Gasteiger partial charge is 0.313 e. The molecule has 0 amide bonds. The Morgan fingerprint density at radius 3 is 2.95 bits per heavy atom. The molecule has 0 atom stereocenters. The number of rotatable bonds is 6. The number of carboxylic acids is 1. The summed E-state index contributed by atoms with van der Waals surface area (Å²) in [6.07, 6.45) is 3.77. The second-order valence-corrected chi connectivity index (χ2v) is 6.76. The van der Waals surface area contributed by atoms with Gasteiger partial charge in [-0.15, -0.1) is 21.5 Å². The first-order valence-electron chi connectivity index (χ1n) is 6.55. The van der Waals surface area contributed by atoms with Crippen molar-refractivity contribution >= 4 is 29.1 Å². The Hall–Kier alpha value is -1.34. The van der Waals surface area contributed by atoms with Crippen molar-refractivity contribution in [3.63, 3.8) is 0 Å². The van der Waals surface area contributed by atoms with Crippen LogP contribution in [-0.2, 0) is 11.3 Å². The number of carbonyl (C=O) groups is 1. The maximum Gasteiger partial charge on any atom is 0.313 e. The number of hydrogen-bond donors (Lipinski definition) is 1. The van der Waals surface area contributed by atoms with Gasteiger partial charge in [0.25, 0.3) is 0 Å². The summed E-state index contributed by atoms with van der Waals surface area (Å²) in [5.41, 5.74) is 0. The standard InChI is InChI=1S/C13H15N3O2S2/c17-11(18)8-20-13-15-14-12(10-5-2-6-19-10)16(13)7-9-3-1-4-9/h2,5-6,9H,1,3-4,7-8H2,(H,17,18). The van der Waals surface area contributed by atoms with E-state index in [0.29, 0.717) is 11.1 Å². The van der Waals surface area contributed by atoms with E-state index in [1.165, 1.54) is 31.0 Å². The minimum atomic E-state index is -0.828. The summed E-state index contributed by atoms with van der Waals surface area (Å²) >= 11 is 2.88. The van der Waals surface area contributed by atoms with Crippen molar-refractivity contribution in [2.45, 2.75) is 31.0 Å². The van der Waals surface area contributed by atoms with Crippen LogP contribution in [0.15, 0.2) is 22.7 Å². The van der Waals surface area contributed by atoms with Crippen molar-refractivity contribution < 1.29 is 9.90 Å². The maximum absolute atomic E-state index is 10.7. The molecule has 1 aliphatic rings. The van der Waals surface area contributed by atoms with E-state index >= 15 is 0 Å². The number of carboxylic acid groups (broad SMARTS) is 1. The summed E-state index contributed by atoms with van der Waals surface area (Å²) in [6, 6.07) is 4.02. The molecule has 0 aromatic carbocycles. The number of nitrogens with zero attached hydrogens (tertiary/aromatic N) is 3. The lowest BCUT2D eigenvalue weighted by atomic mass is 9.85. The molecule has 1 fully saturated rings. The molecule has 1 aliphatic carbocycles. The van der Waals surface area contributed by atoms with E-state index < -0.39 is 5.97 Å². The highest BCUT2D eigenvalue weighted by atomic mass is 32.2. The number of thioether (sulfide) groups is 1. The molecule has 7 heteroatoms. The Kier molecular flexibility index (Phi) is 4.07. The zero-order valence-corrected chi connectivity index (χ0v) is 12.5. The predicted molar refractivity (Wildman–Crippen MR) is 79.0 cm³/mol. The van der Waals surface area contributed by atoms with E-state index in [9.17, 15) is 4.79 Å². The highest BCUT2D eigenvalue weighted by molar-refractivity contribution is 7.99. The van der Waals surface area contributed by atoms with Gasteiger partial charge in [0.15, 0.2) is 11.0 Å². The second kappa shape index (κ2) is 5.97. The van der Waals surface area contributed by atoms with E-state index in [1.807, 2.05) is 17.5 Å². The third kappa shape index (κ3) is 2.88. The van der Waals surface area contributed by atoms with Crippen LogP contribution in [0.2, 0.25) is 0 Å². The van der Waals surface area contributed by atoms with Crippen molar-refractivity contribution in [3.05, 3.63) is 17.5 Å². The van der Waals surface area contributed by atoms with Gasteiger partial charge in [-0.1, -0.05) is 24.2 Å². The molecule has 0 aliphatic heterocycles. The number of aromatic nitrogens is 3. The normalized spacial score (nSPS) is 15.2. The highest BCUT2D eigenvalue weighted by Crippen LogP contribution is 2.33. The Morgan fingerprint density at radius 1 is 1.50 bits per heavy atom. The summed E-state index contributed by atoms with van der Waals surface area (Å²) in [5.74, 6) is 0.729. The van der Waals surface area contributed by atoms with E-state index in [-0.39, 0.29) is 5.75 Å². The van der Waals surface area contributed by atoms with Crippen molar-refractivity contribution in [2.24, 2.45) is 5.92 Å². The van der Waals surface area contributed by atoms with Gasteiger partial charge in [0, 0.05) is 6.54 Å². The Balaban J connectivity index is 1.86. The summed E-state index contributed by atoms with van der Waals surface area (Å²) in [5, 5.41) is 20.0. The first-order chi connectivity index (χ1) is 9.74. The van der Waals surface area contributed by atoms with Crippen LogP contribution < -0.4 is 0 Å². The van der Waals surface area contributed by atoms with Crippen molar-refractivity contribution in [1.29, 1.82) is 0 Å². The quantitative estimate of drug-likeness (QED) is 0.831. The van der Waals surface area contributed by atoms with Crippen LogP contribution in [0.25, 0.3) is 10.7 Å². The first-order valence-corrected chi connectivity index (χ1v) is 8.42. The largest absolute Gasteiger partial charge is 0.481 e. The van der Waals surface area contributed by atoms with Crippen LogP contribution in [0.4, 0.5) is 0 Å². The van der Waals surface area contributed by atoms with E-state index in [4.69, 9.17) is 5.11 Å². The van der Waals surface area contributed by atoms with Gasteiger partial charge in [0.1, 0.15) is 0 Å². The van der Waals surface area contributed by atoms with Crippen LogP contribution in [0, 0.1) is 5.92 Å². The lowest BCUT2D eigenvalue weighted by Crippen LogP contribution is -2.19. The monoisotopic (exact) mass is 309 g/mol. The van der Waals surface area contributed by atoms with E-state index in [0.717, 1.165) is 17.2 Å². The van der Waals surface area contributed by atoms with Crippen LogP contribution in [0.5, 0.6) is 0 Å². The number of aliphatic carboxylic acids is 1. The summed E-state index contributed by atoms with van der Waals surface area (Å²) < 4.78 is 2.09. The Morgan fingerprint density at radius 2 is 2.35 bits per heavy atom. The number of thiophene rings is 1. The molecule has 0 saturated heterocycles. The van der Waals surface area contributed by atoms with Gasteiger partial charge < -0.3 is 9.67 Å². The molecule has 2 aromatic rings. The van der Waals surface area contributed by atoms with Crippen LogP contribution in [0.3, 0.4) is 0 Å². The minimum absolute atomic E-state index is 0.0211. The molecule has 5 nitrogen and oxygen atoms in total. The summed E-state index contributed by atoms with van der Waals surface area (Å²) in [4.78, 5) is 11.8. The van der Waals surface area contributed by atoms with Crippen molar-refractivity contribution in [1.82, 2.24) is 14.8 Å². The zero-order valence-electron chi connectivity index (χ0n) is 10.9. The lowest BCUT2D eigenvalue weighted by Gasteiger charge is -2.26.